The molecular weight excluding hydrogens is 168 g/mol. The Kier molecular flexibility index (Phi) is 1.57. The van der Waals surface area contributed by atoms with Gasteiger partial charge in [-0.25, -0.2) is 0 Å². The summed E-state index contributed by atoms with van der Waals surface area (Å²) in [5, 5.41) is 9.64. The second-order valence-corrected chi connectivity index (χ2v) is 5.16. The zero-order valence-corrected chi connectivity index (χ0v) is 8.33. The van der Waals surface area contributed by atoms with E-state index in [9.17, 15) is 9.90 Å². The van der Waals surface area contributed by atoms with Gasteiger partial charge in [-0.1, -0.05) is 6.92 Å². The number of aliphatic hydroxyl groups excluding tert-OH is 1. The first-order valence-electron chi connectivity index (χ1n) is 4.75. The monoisotopic (exact) mass is 184 g/mol. The molecule has 0 radical (unpaired) electrons. The highest BCUT2D eigenvalue weighted by atomic mass is 16.6. The lowest BCUT2D eigenvalue weighted by atomic mass is 9.51. The normalized spacial score (nSPS) is 47.5. The van der Waals surface area contributed by atoms with Crippen molar-refractivity contribution in [2.75, 3.05) is 0 Å². The molecule has 1 heterocycles. The summed E-state index contributed by atoms with van der Waals surface area (Å²) < 4.78 is 5.24. The third kappa shape index (κ3) is 1.10. The Morgan fingerprint density at radius 2 is 2.08 bits per heavy atom. The fourth-order valence-corrected chi connectivity index (χ4v) is 3.23. The van der Waals surface area contributed by atoms with Gasteiger partial charge in [-0.3, -0.25) is 4.79 Å². The van der Waals surface area contributed by atoms with Gasteiger partial charge in [0.2, 0.25) is 0 Å². The Hall–Kier alpha value is -0.570. The largest absolute Gasteiger partial charge is 0.459 e. The highest BCUT2D eigenvalue weighted by molar-refractivity contribution is 5.72. The summed E-state index contributed by atoms with van der Waals surface area (Å²) in [7, 11) is 0. The first-order valence-corrected chi connectivity index (χ1v) is 4.75. The number of ether oxygens (including phenoxy) is 1. The maximum atomic E-state index is 11.3. The molecule has 3 unspecified atom stereocenters. The van der Waals surface area contributed by atoms with Crippen molar-refractivity contribution in [2.45, 2.75) is 45.3 Å². The molecule has 0 amide bonds. The van der Waals surface area contributed by atoms with E-state index in [1.165, 1.54) is 0 Å². The van der Waals surface area contributed by atoms with E-state index >= 15 is 0 Å². The van der Waals surface area contributed by atoms with Crippen LogP contribution in [0.3, 0.4) is 0 Å². The molecule has 74 valence electrons. The Labute approximate surface area is 78.1 Å². The molecule has 1 saturated heterocycles. The number of carbonyl (C=O) groups excluding carboxylic acids is 1. The van der Waals surface area contributed by atoms with Crippen molar-refractivity contribution in [3.63, 3.8) is 0 Å². The van der Waals surface area contributed by atoms with Crippen molar-refractivity contribution >= 4 is 5.97 Å². The maximum Gasteiger partial charge on any atom is 0.306 e. The topological polar surface area (TPSA) is 46.5 Å². The summed E-state index contributed by atoms with van der Waals surface area (Å²) in [5.74, 6) is -0.0200. The molecule has 13 heavy (non-hydrogen) atoms. The van der Waals surface area contributed by atoms with E-state index in [0.717, 1.165) is 6.42 Å². The van der Waals surface area contributed by atoms with Gasteiger partial charge in [-0.15, -0.1) is 0 Å². The zero-order chi connectivity index (χ0) is 9.85. The molecule has 0 bridgehead atoms. The van der Waals surface area contributed by atoms with Crippen LogP contribution in [0.25, 0.3) is 0 Å². The lowest BCUT2D eigenvalue weighted by Gasteiger charge is -2.59. The zero-order valence-electron chi connectivity index (χ0n) is 8.33. The molecule has 2 aliphatic rings. The predicted octanol–water partition coefficient (Wildman–Crippen LogP) is 1.10. The second-order valence-electron chi connectivity index (χ2n) is 5.16. The molecule has 1 aliphatic heterocycles. The predicted molar refractivity (Wildman–Crippen MR) is 47.0 cm³/mol. The lowest BCUT2D eigenvalue weighted by molar-refractivity contribution is -0.238. The summed E-state index contributed by atoms with van der Waals surface area (Å²) >= 11 is 0. The molecule has 0 aromatic carbocycles. The Bertz CT molecular complexity index is 243. The summed E-state index contributed by atoms with van der Waals surface area (Å²) in [4.78, 5) is 11.3. The molecule has 3 atom stereocenters. The van der Waals surface area contributed by atoms with Crippen LogP contribution in [0.15, 0.2) is 0 Å². The quantitative estimate of drug-likeness (QED) is 0.573. The van der Waals surface area contributed by atoms with Crippen LogP contribution in [-0.2, 0) is 9.53 Å². The molecule has 3 heteroatoms. The van der Waals surface area contributed by atoms with Crippen LogP contribution in [-0.4, -0.2) is 22.8 Å². The summed E-state index contributed by atoms with van der Waals surface area (Å²) in [6.07, 6.45) is 0.891. The number of hydrogen-bond acceptors (Lipinski definition) is 3. The maximum absolute atomic E-state index is 11.3. The minimum Gasteiger partial charge on any atom is -0.459 e. The first-order chi connectivity index (χ1) is 5.85. The second kappa shape index (κ2) is 2.27. The molecule has 0 spiro atoms. The van der Waals surface area contributed by atoms with Gasteiger partial charge in [0.15, 0.2) is 0 Å². The fourth-order valence-electron chi connectivity index (χ4n) is 3.23. The van der Waals surface area contributed by atoms with Gasteiger partial charge in [-0.2, -0.15) is 0 Å². The molecule has 3 nitrogen and oxygen atoms in total. The number of carbonyl (C=O) groups is 1. The average molecular weight is 184 g/mol. The molecule has 2 rings (SSSR count). The van der Waals surface area contributed by atoms with Crippen LogP contribution < -0.4 is 0 Å². The third-order valence-corrected chi connectivity index (χ3v) is 3.49. The standard InChI is InChI=1S/C10H16O3/c1-9(2)8-6(11)4-10(8,3)5-7(12)13-9/h6,8,11H,4-5H2,1-3H3. The van der Waals surface area contributed by atoms with Gasteiger partial charge in [0, 0.05) is 5.92 Å². The van der Waals surface area contributed by atoms with Crippen molar-refractivity contribution in [1.82, 2.24) is 0 Å². The van der Waals surface area contributed by atoms with Crippen LogP contribution in [0.5, 0.6) is 0 Å². The van der Waals surface area contributed by atoms with Crippen LogP contribution in [0.2, 0.25) is 0 Å². The Morgan fingerprint density at radius 1 is 1.46 bits per heavy atom. The molecule has 1 aliphatic carbocycles. The molecule has 0 aromatic heterocycles. The van der Waals surface area contributed by atoms with Gasteiger partial charge >= 0.3 is 5.97 Å². The number of esters is 1. The van der Waals surface area contributed by atoms with Crippen LogP contribution in [0.4, 0.5) is 0 Å². The van der Waals surface area contributed by atoms with Crippen molar-refractivity contribution in [3.05, 3.63) is 0 Å². The van der Waals surface area contributed by atoms with Gasteiger partial charge in [-0.05, 0) is 25.7 Å². The average Bonchev–Trinajstić information content (AvgIpc) is 1.77. The smallest absolute Gasteiger partial charge is 0.306 e. The van der Waals surface area contributed by atoms with Crippen molar-refractivity contribution < 1.29 is 14.6 Å². The molecular formula is C10H16O3. The molecule has 2 fully saturated rings. The van der Waals surface area contributed by atoms with E-state index < -0.39 is 5.60 Å². The highest BCUT2D eigenvalue weighted by Gasteiger charge is 2.61. The fraction of sp³-hybridized carbons (Fsp3) is 0.900. The van der Waals surface area contributed by atoms with Crippen molar-refractivity contribution in [2.24, 2.45) is 11.3 Å². The van der Waals surface area contributed by atoms with Gasteiger partial charge in [0.05, 0.1) is 12.5 Å². The summed E-state index contributed by atoms with van der Waals surface area (Å²) in [5.41, 5.74) is -0.528. The Morgan fingerprint density at radius 3 is 2.54 bits per heavy atom. The van der Waals surface area contributed by atoms with Gasteiger partial charge in [0.1, 0.15) is 5.60 Å². The molecule has 1 N–H and O–H groups in total. The van der Waals surface area contributed by atoms with Crippen LogP contribution >= 0.6 is 0 Å². The highest BCUT2D eigenvalue weighted by Crippen LogP contribution is 2.57. The first kappa shape index (κ1) is 9.00. The third-order valence-electron chi connectivity index (χ3n) is 3.49. The van der Waals surface area contributed by atoms with Crippen LogP contribution in [0.1, 0.15) is 33.6 Å². The number of rotatable bonds is 0. The van der Waals surface area contributed by atoms with E-state index in [1.807, 2.05) is 13.8 Å². The molecule has 0 aromatic rings. The van der Waals surface area contributed by atoms with E-state index in [4.69, 9.17) is 4.74 Å². The molecule has 1 saturated carbocycles. The van der Waals surface area contributed by atoms with Crippen molar-refractivity contribution in [3.8, 4) is 0 Å². The number of cyclic esters (lactones) is 1. The summed E-state index contributed by atoms with van der Waals surface area (Å²) in [6, 6.07) is 0. The van der Waals surface area contributed by atoms with E-state index in [0.29, 0.717) is 6.42 Å². The van der Waals surface area contributed by atoms with E-state index in [1.54, 1.807) is 0 Å². The number of aliphatic hydroxyl groups is 1. The Balaban J connectivity index is 2.29. The van der Waals surface area contributed by atoms with Crippen LogP contribution in [0, 0.1) is 11.3 Å². The summed E-state index contributed by atoms with van der Waals surface area (Å²) in [6.45, 7) is 5.83. The lowest BCUT2D eigenvalue weighted by Crippen LogP contribution is -2.64. The van der Waals surface area contributed by atoms with Crippen molar-refractivity contribution in [1.29, 1.82) is 0 Å². The van der Waals surface area contributed by atoms with E-state index in [2.05, 4.69) is 6.92 Å². The number of hydrogen-bond donors (Lipinski definition) is 1. The van der Waals surface area contributed by atoms with Gasteiger partial charge in [0.25, 0.3) is 0 Å². The minimum atomic E-state index is -0.498. The van der Waals surface area contributed by atoms with E-state index in [-0.39, 0.29) is 23.4 Å². The SMILES string of the molecule is CC12CC(=O)OC(C)(C)C1C(O)C2. The van der Waals surface area contributed by atoms with Gasteiger partial charge < -0.3 is 9.84 Å². The minimum absolute atomic E-state index is 0.0295. The number of fused-ring (bicyclic) bond motifs is 1.